The molecule has 1 aromatic carbocycles. The zero-order valence-corrected chi connectivity index (χ0v) is 13.2. The molecule has 106 valence electrons. The molecule has 1 atom stereocenters. The topological polar surface area (TPSA) is 41.1 Å². The largest absolute Gasteiger partial charge is 0.359 e. The first-order valence-corrected chi connectivity index (χ1v) is 6.94. The van der Waals surface area contributed by atoms with Gasteiger partial charge in [-0.2, -0.15) is 0 Å². The van der Waals surface area contributed by atoms with Crippen molar-refractivity contribution in [2.45, 2.75) is 26.8 Å². The van der Waals surface area contributed by atoms with E-state index < -0.39 is 5.41 Å². The minimum Gasteiger partial charge on any atom is -0.359 e. The lowest BCUT2D eigenvalue weighted by Gasteiger charge is -2.25. The highest BCUT2D eigenvalue weighted by Crippen LogP contribution is 2.26. The Kier molecular flexibility index (Phi) is 5.65. The number of amides is 1. The predicted octanol–water partition coefficient (Wildman–Crippen LogP) is 3.42. The summed E-state index contributed by atoms with van der Waals surface area (Å²) in [5.41, 5.74) is 0.585. The van der Waals surface area contributed by atoms with Gasteiger partial charge in [-0.15, -0.1) is 0 Å². The molecule has 0 aliphatic rings. The van der Waals surface area contributed by atoms with E-state index in [1.807, 2.05) is 32.9 Å². The van der Waals surface area contributed by atoms with Gasteiger partial charge in [-0.1, -0.05) is 29.3 Å². The van der Waals surface area contributed by atoms with Gasteiger partial charge in [-0.3, -0.25) is 4.79 Å². The van der Waals surface area contributed by atoms with Crippen molar-refractivity contribution < 1.29 is 4.79 Å². The van der Waals surface area contributed by atoms with Crippen molar-refractivity contribution in [1.82, 2.24) is 10.6 Å². The average Bonchev–Trinajstić information content (AvgIpc) is 2.38. The van der Waals surface area contributed by atoms with Crippen LogP contribution in [0.4, 0.5) is 0 Å². The summed E-state index contributed by atoms with van der Waals surface area (Å²) >= 11 is 11.9. The highest BCUT2D eigenvalue weighted by atomic mass is 35.5. The van der Waals surface area contributed by atoms with Crippen molar-refractivity contribution in [3.8, 4) is 0 Å². The van der Waals surface area contributed by atoms with Crippen LogP contribution in [0.3, 0.4) is 0 Å². The predicted molar refractivity (Wildman–Crippen MR) is 80.7 cm³/mol. The Hall–Kier alpha value is -0.770. The average molecular weight is 303 g/mol. The Labute approximate surface area is 124 Å². The van der Waals surface area contributed by atoms with E-state index in [-0.39, 0.29) is 11.9 Å². The normalized spacial score (nSPS) is 13.2. The van der Waals surface area contributed by atoms with Crippen LogP contribution in [0.15, 0.2) is 18.2 Å². The van der Waals surface area contributed by atoms with E-state index in [2.05, 4.69) is 10.6 Å². The molecule has 0 spiro atoms. The SMILES string of the molecule is CNC(=O)C(C)(C)CNC(C)c1ccc(Cl)c(Cl)c1. The third-order valence-electron chi connectivity index (χ3n) is 3.14. The standard InChI is InChI=1S/C14H20Cl2N2O/c1-9(10-5-6-11(15)12(16)7-10)18-8-14(2,3)13(19)17-4/h5-7,9,18H,8H2,1-4H3,(H,17,19). The van der Waals surface area contributed by atoms with Crippen LogP contribution >= 0.6 is 23.2 Å². The van der Waals surface area contributed by atoms with Crippen LogP contribution in [-0.2, 0) is 4.79 Å². The molecule has 19 heavy (non-hydrogen) atoms. The highest BCUT2D eigenvalue weighted by molar-refractivity contribution is 6.42. The summed E-state index contributed by atoms with van der Waals surface area (Å²) in [5, 5.41) is 7.09. The van der Waals surface area contributed by atoms with Gasteiger partial charge in [0.25, 0.3) is 0 Å². The van der Waals surface area contributed by atoms with Gasteiger partial charge in [0, 0.05) is 19.6 Å². The molecule has 1 rings (SSSR count). The molecule has 0 radical (unpaired) electrons. The first kappa shape index (κ1) is 16.3. The molecule has 0 heterocycles. The fourth-order valence-electron chi connectivity index (χ4n) is 1.73. The Morgan fingerprint density at radius 2 is 1.95 bits per heavy atom. The molecule has 5 heteroatoms. The number of halogens is 2. The molecule has 0 bridgehead atoms. The van der Waals surface area contributed by atoms with Crippen LogP contribution in [0, 0.1) is 5.41 Å². The molecule has 0 fully saturated rings. The van der Waals surface area contributed by atoms with E-state index in [9.17, 15) is 4.79 Å². The third-order valence-corrected chi connectivity index (χ3v) is 3.87. The number of rotatable bonds is 5. The van der Waals surface area contributed by atoms with Crippen molar-refractivity contribution in [2.75, 3.05) is 13.6 Å². The molecular formula is C14H20Cl2N2O. The second-order valence-electron chi connectivity index (χ2n) is 5.24. The van der Waals surface area contributed by atoms with Gasteiger partial charge in [0.05, 0.1) is 15.5 Å². The molecule has 1 unspecified atom stereocenters. The number of carbonyl (C=O) groups is 1. The Morgan fingerprint density at radius 3 is 2.47 bits per heavy atom. The maximum absolute atomic E-state index is 11.7. The lowest BCUT2D eigenvalue weighted by atomic mass is 9.91. The van der Waals surface area contributed by atoms with Crippen LogP contribution in [0.5, 0.6) is 0 Å². The number of carbonyl (C=O) groups excluding carboxylic acids is 1. The summed E-state index contributed by atoms with van der Waals surface area (Å²) < 4.78 is 0. The summed E-state index contributed by atoms with van der Waals surface area (Å²) in [6.07, 6.45) is 0. The lowest BCUT2D eigenvalue weighted by Crippen LogP contribution is -2.42. The molecule has 3 nitrogen and oxygen atoms in total. The van der Waals surface area contributed by atoms with Crippen LogP contribution in [0.2, 0.25) is 10.0 Å². The van der Waals surface area contributed by atoms with Gasteiger partial charge in [-0.25, -0.2) is 0 Å². The van der Waals surface area contributed by atoms with Gasteiger partial charge in [0.2, 0.25) is 5.91 Å². The van der Waals surface area contributed by atoms with Crippen LogP contribution in [0.25, 0.3) is 0 Å². The molecule has 0 aliphatic carbocycles. The molecule has 0 saturated carbocycles. The number of nitrogens with one attached hydrogen (secondary N) is 2. The number of hydrogen-bond acceptors (Lipinski definition) is 2. The van der Waals surface area contributed by atoms with Gasteiger partial charge in [0.15, 0.2) is 0 Å². The summed E-state index contributed by atoms with van der Waals surface area (Å²) in [5.74, 6) is 0.0151. The van der Waals surface area contributed by atoms with Crippen LogP contribution in [0.1, 0.15) is 32.4 Å². The fourth-order valence-corrected chi connectivity index (χ4v) is 2.03. The quantitative estimate of drug-likeness (QED) is 0.875. The van der Waals surface area contributed by atoms with Gasteiger partial charge < -0.3 is 10.6 Å². The first-order valence-electron chi connectivity index (χ1n) is 6.18. The van der Waals surface area contributed by atoms with Gasteiger partial charge in [0.1, 0.15) is 0 Å². The number of hydrogen-bond donors (Lipinski definition) is 2. The molecule has 0 aliphatic heterocycles. The van der Waals surface area contributed by atoms with Crippen molar-refractivity contribution >= 4 is 29.1 Å². The molecule has 2 N–H and O–H groups in total. The van der Waals surface area contributed by atoms with E-state index in [4.69, 9.17) is 23.2 Å². The van der Waals surface area contributed by atoms with Crippen molar-refractivity contribution in [1.29, 1.82) is 0 Å². The second kappa shape index (κ2) is 6.60. The first-order chi connectivity index (χ1) is 8.77. The molecule has 1 aromatic rings. The molecule has 1 amide bonds. The Balaban J connectivity index is 2.67. The monoisotopic (exact) mass is 302 g/mol. The lowest BCUT2D eigenvalue weighted by molar-refractivity contribution is -0.128. The van der Waals surface area contributed by atoms with E-state index in [1.54, 1.807) is 13.1 Å². The minimum atomic E-state index is -0.459. The third kappa shape index (κ3) is 4.37. The maximum atomic E-state index is 11.7. The van der Waals surface area contributed by atoms with E-state index in [0.717, 1.165) is 5.56 Å². The Bertz CT molecular complexity index is 461. The van der Waals surface area contributed by atoms with Crippen molar-refractivity contribution in [3.63, 3.8) is 0 Å². The van der Waals surface area contributed by atoms with E-state index in [1.165, 1.54) is 0 Å². The van der Waals surface area contributed by atoms with Gasteiger partial charge in [-0.05, 0) is 38.5 Å². The summed E-state index contributed by atoms with van der Waals surface area (Å²) in [7, 11) is 1.65. The summed E-state index contributed by atoms with van der Waals surface area (Å²) in [6.45, 7) is 6.41. The molecule has 0 saturated heterocycles. The van der Waals surface area contributed by atoms with Crippen molar-refractivity contribution in [3.05, 3.63) is 33.8 Å². The zero-order chi connectivity index (χ0) is 14.6. The second-order valence-corrected chi connectivity index (χ2v) is 6.05. The Morgan fingerprint density at radius 1 is 1.32 bits per heavy atom. The number of benzene rings is 1. The molecular weight excluding hydrogens is 283 g/mol. The minimum absolute atomic E-state index is 0.0151. The molecule has 0 aromatic heterocycles. The fraction of sp³-hybridized carbons (Fsp3) is 0.500. The van der Waals surface area contributed by atoms with Crippen molar-refractivity contribution in [2.24, 2.45) is 5.41 Å². The maximum Gasteiger partial charge on any atom is 0.226 e. The summed E-state index contributed by atoms with van der Waals surface area (Å²) in [4.78, 5) is 11.7. The smallest absolute Gasteiger partial charge is 0.226 e. The van der Waals surface area contributed by atoms with E-state index in [0.29, 0.717) is 16.6 Å². The summed E-state index contributed by atoms with van der Waals surface area (Å²) in [6, 6.07) is 5.65. The van der Waals surface area contributed by atoms with E-state index >= 15 is 0 Å². The highest BCUT2D eigenvalue weighted by Gasteiger charge is 2.26. The zero-order valence-electron chi connectivity index (χ0n) is 11.7. The van der Waals surface area contributed by atoms with Crippen LogP contribution < -0.4 is 10.6 Å². The van der Waals surface area contributed by atoms with Crippen LogP contribution in [-0.4, -0.2) is 19.5 Å². The van der Waals surface area contributed by atoms with Gasteiger partial charge >= 0.3 is 0 Å².